The van der Waals surface area contributed by atoms with Crippen LogP contribution in [0, 0.1) is 28.8 Å². The molecule has 1 aromatic heterocycles. The highest BCUT2D eigenvalue weighted by Gasteiger charge is 2.27. The third kappa shape index (κ3) is 4.99. The SMILES string of the molecule is CC(C)(O)Cn1ncc2cc(-c3ccc(C(=O)N4CCC(N)C4)cc3-c3ccc(C#N)c(F)c3)c(F)c(F)c21. The van der Waals surface area contributed by atoms with Crippen molar-refractivity contribution in [1.82, 2.24) is 14.7 Å². The van der Waals surface area contributed by atoms with Crippen LogP contribution in [0.2, 0.25) is 0 Å². The van der Waals surface area contributed by atoms with Crippen LogP contribution in [-0.4, -0.2) is 50.4 Å². The number of nitrogens with zero attached hydrogens (tertiary/aromatic N) is 4. The molecule has 3 aromatic carbocycles. The summed E-state index contributed by atoms with van der Waals surface area (Å²) >= 11 is 0. The van der Waals surface area contributed by atoms with Crippen LogP contribution in [-0.2, 0) is 6.54 Å². The highest BCUT2D eigenvalue weighted by atomic mass is 19.2. The van der Waals surface area contributed by atoms with Gasteiger partial charge in [0.15, 0.2) is 11.6 Å². The summed E-state index contributed by atoms with van der Waals surface area (Å²) in [6.45, 7) is 3.90. The fourth-order valence-corrected chi connectivity index (χ4v) is 4.95. The maximum Gasteiger partial charge on any atom is 0.253 e. The smallest absolute Gasteiger partial charge is 0.253 e. The van der Waals surface area contributed by atoms with Crippen molar-refractivity contribution in [2.24, 2.45) is 5.73 Å². The third-order valence-corrected chi connectivity index (χ3v) is 6.81. The van der Waals surface area contributed by atoms with E-state index < -0.39 is 23.1 Å². The van der Waals surface area contributed by atoms with E-state index in [1.165, 1.54) is 61.1 Å². The minimum Gasteiger partial charge on any atom is -0.389 e. The van der Waals surface area contributed by atoms with E-state index in [9.17, 15) is 14.3 Å². The van der Waals surface area contributed by atoms with Gasteiger partial charge in [0.25, 0.3) is 5.91 Å². The molecular formula is C29H26F3N5O2. The van der Waals surface area contributed by atoms with E-state index >= 15 is 8.78 Å². The van der Waals surface area contributed by atoms with Crippen LogP contribution < -0.4 is 5.73 Å². The number of aromatic nitrogens is 2. The molecular weight excluding hydrogens is 507 g/mol. The number of benzene rings is 3. The van der Waals surface area contributed by atoms with Gasteiger partial charge < -0.3 is 15.7 Å². The van der Waals surface area contributed by atoms with Gasteiger partial charge in [-0.1, -0.05) is 12.1 Å². The van der Waals surface area contributed by atoms with Gasteiger partial charge in [0.2, 0.25) is 0 Å². The average Bonchev–Trinajstić information content (AvgIpc) is 3.50. The van der Waals surface area contributed by atoms with Crippen molar-refractivity contribution in [3.05, 3.63) is 77.2 Å². The molecule has 200 valence electrons. The number of likely N-dealkylation sites (tertiary alicyclic amines) is 1. The molecule has 10 heteroatoms. The average molecular weight is 534 g/mol. The molecule has 1 unspecified atom stereocenters. The quantitative estimate of drug-likeness (QED) is 0.390. The van der Waals surface area contributed by atoms with Crippen LogP contribution in [0.1, 0.15) is 36.2 Å². The van der Waals surface area contributed by atoms with E-state index in [2.05, 4.69) is 5.10 Å². The van der Waals surface area contributed by atoms with Crippen molar-refractivity contribution in [1.29, 1.82) is 5.26 Å². The summed E-state index contributed by atoms with van der Waals surface area (Å²) in [6.07, 6.45) is 2.05. The van der Waals surface area contributed by atoms with Crippen molar-refractivity contribution in [3.63, 3.8) is 0 Å². The van der Waals surface area contributed by atoms with Crippen molar-refractivity contribution < 1.29 is 23.1 Å². The number of halogens is 3. The second-order valence-corrected chi connectivity index (χ2v) is 10.5. The van der Waals surface area contributed by atoms with E-state index in [1.807, 2.05) is 0 Å². The first-order chi connectivity index (χ1) is 18.5. The Bertz CT molecular complexity index is 1650. The number of nitrogens with two attached hydrogens (primary N) is 1. The topological polar surface area (TPSA) is 108 Å². The first-order valence-electron chi connectivity index (χ1n) is 12.4. The maximum atomic E-state index is 15.7. The molecule has 0 bridgehead atoms. The zero-order chi connectivity index (χ0) is 28.1. The Hall–Kier alpha value is -4.20. The van der Waals surface area contributed by atoms with Gasteiger partial charge in [-0.05, 0) is 67.3 Å². The highest BCUT2D eigenvalue weighted by Crippen LogP contribution is 2.38. The summed E-state index contributed by atoms with van der Waals surface area (Å²) in [7, 11) is 0. The van der Waals surface area contributed by atoms with Gasteiger partial charge in [-0.2, -0.15) is 10.4 Å². The molecule has 3 N–H and O–H groups in total. The zero-order valence-corrected chi connectivity index (χ0v) is 21.4. The van der Waals surface area contributed by atoms with Crippen LogP contribution >= 0.6 is 0 Å². The monoisotopic (exact) mass is 533 g/mol. The Balaban J connectivity index is 1.69. The largest absolute Gasteiger partial charge is 0.389 e. The van der Waals surface area contributed by atoms with Gasteiger partial charge in [0.1, 0.15) is 17.4 Å². The molecule has 1 saturated heterocycles. The molecule has 0 radical (unpaired) electrons. The second-order valence-electron chi connectivity index (χ2n) is 10.5. The van der Waals surface area contributed by atoms with Gasteiger partial charge in [-0.25, -0.2) is 13.2 Å². The summed E-state index contributed by atoms with van der Waals surface area (Å²) in [6, 6.07) is 11.5. The summed E-state index contributed by atoms with van der Waals surface area (Å²) in [5.74, 6) is -3.36. The van der Waals surface area contributed by atoms with E-state index in [1.54, 1.807) is 11.0 Å². The zero-order valence-electron chi connectivity index (χ0n) is 21.4. The van der Waals surface area contributed by atoms with E-state index in [0.29, 0.717) is 24.9 Å². The van der Waals surface area contributed by atoms with E-state index in [4.69, 9.17) is 11.0 Å². The van der Waals surface area contributed by atoms with Crippen LogP contribution in [0.5, 0.6) is 0 Å². The van der Waals surface area contributed by atoms with Crippen molar-refractivity contribution >= 4 is 16.8 Å². The van der Waals surface area contributed by atoms with Crippen LogP contribution in [0.3, 0.4) is 0 Å². The van der Waals surface area contributed by atoms with Gasteiger partial charge in [-0.3, -0.25) is 9.48 Å². The molecule has 0 saturated carbocycles. The molecule has 2 heterocycles. The lowest BCUT2D eigenvalue weighted by Crippen LogP contribution is -2.31. The molecule has 4 aromatic rings. The summed E-state index contributed by atoms with van der Waals surface area (Å²) < 4.78 is 47.0. The van der Waals surface area contributed by atoms with Crippen LogP contribution in [0.25, 0.3) is 33.2 Å². The van der Waals surface area contributed by atoms with E-state index in [0.717, 1.165) is 6.07 Å². The highest BCUT2D eigenvalue weighted by molar-refractivity contribution is 5.99. The van der Waals surface area contributed by atoms with Gasteiger partial charge in [0, 0.05) is 35.6 Å². The Morgan fingerprint density at radius 2 is 1.90 bits per heavy atom. The molecule has 1 amide bonds. The Morgan fingerprint density at radius 1 is 1.13 bits per heavy atom. The first-order valence-corrected chi connectivity index (χ1v) is 12.4. The fraction of sp³-hybridized carbons (Fsp3) is 0.276. The van der Waals surface area contributed by atoms with Crippen LogP contribution in [0.15, 0.2) is 48.7 Å². The van der Waals surface area contributed by atoms with Crippen molar-refractivity contribution in [2.75, 3.05) is 13.1 Å². The fourth-order valence-electron chi connectivity index (χ4n) is 4.95. The summed E-state index contributed by atoms with van der Waals surface area (Å²) in [5, 5.41) is 23.7. The molecule has 1 fully saturated rings. The van der Waals surface area contributed by atoms with Gasteiger partial charge in [-0.15, -0.1) is 0 Å². The van der Waals surface area contributed by atoms with E-state index in [-0.39, 0.29) is 57.4 Å². The number of rotatable bonds is 5. The summed E-state index contributed by atoms with van der Waals surface area (Å²) in [5.41, 5.74) is 5.45. The maximum absolute atomic E-state index is 15.7. The Kier molecular flexibility index (Phi) is 6.66. The predicted molar refractivity (Wildman–Crippen MR) is 140 cm³/mol. The number of hydrogen-bond donors (Lipinski definition) is 2. The third-order valence-electron chi connectivity index (χ3n) is 6.81. The molecule has 39 heavy (non-hydrogen) atoms. The minimum atomic E-state index is -1.21. The minimum absolute atomic E-state index is 0.0566. The number of fused-ring (bicyclic) bond motifs is 1. The van der Waals surface area contributed by atoms with Gasteiger partial charge >= 0.3 is 0 Å². The van der Waals surface area contributed by atoms with Gasteiger partial charge in [0.05, 0.1) is 23.9 Å². The number of carbonyl (C=O) groups excluding carboxylic acids is 1. The molecule has 5 rings (SSSR count). The number of nitriles is 1. The first kappa shape index (κ1) is 26.4. The van der Waals surface area contributed by atoms with Crippen molar-refractivity contribution in [2.45, 2.75) is 38.5 Å². The number of aliphatic hydroxyl groups is 1. The molecule has 1 atom stereocenters. The molecule has 7 nitrogen and oxygen atoms in total. The molecule has 1 aliphatic heterocycles. The lowest BCUT2D eigenvalue weighted by atomic mass is 9.91. The predicted octanol–water partition coefficient (Wildman–Crippen LogP) is 4.60. The number of hydrogen-bond acceptors (Lipinski definition) is 5. The molecule has 1 aliphatic rings. The normalized spacial score (nSPS) is 15.6. The summed E-state index contributed by atoms with van der Waals surface area (Å²) in [4.78, 5) is 14.8. The Labute approximate surface area is 222 Å². The molecule has 0 aliphatic carbocycles. The standard InChI is InChI=1S/C29H26F3N5O2/c1-29(2,39)15-37-27-19(13-35-37)10-23(25(31)26(27)32)21-6-5-17(28(38)36-8-7-20(34)14-36)9-22(21)16-3-4-18(12-33)24(30)11-16/h3-6,9-11,13,20,39H,7-8,14-15,34H2,1-2H3. The molecule has 0 spiro atoms. The number of amides is 1. The van der Waals surface area contributed by atoms with Crippen LogP contribution in [0.4, 0.5) is 13.2 Å². The van der Waals surface area contributed by atoms with Crippen molar-refractivity contribution in [3.8, 4) is 28.3 Å². The lowest BCUT2D eigenvalue weighted by Gasteiger charge is -2.19. The Morgan fingerprint density at radius 3 is 2.54 bits per heavy atom. The lowest BCUT2D eigenvalue weighted by molar-refractivity contribution is 0.0589. The second kappa shape index (κ2) is 9.84. The number of carbonyl (C=O) groups is 1.